The number of carbonyl (C=O) groups excluding carboxylic acids is 1. The Morgan fingerprint density at radius 1 is 1.47 bits per heavy atom. The van der Waals surface area contributed by atoms with Crippen molar-refractivity contribution in [2.24, 2.45) is 0 Å². The third kappa shape index (κ3) is 1.84. The molecule has 0 bridgehead atoms. The number of nitrogen functional groups attached to an aromatic ring is 1. The van der Waals surface area contributed by atoms with Crippen LogP contribution in [0.2, 0.25) is 0 Å². The summed E-state index contributed by atoms with van der Waals surface area (Å²) in [6, 6.07) is 2.78. The van der Waals surface area contributed by atoms with E-state index in [4.69, 9.17) is 5.73 Å². The molecule has 2 rings (SSSR count). The van der Waals surface area contributed by atoms with Gasteiger partial charge in [-0.3, -0.25) is 4.79 Å². The quantitative estimate of drug-likeness (QED) is 0.798. The summed E-state index contributed by atoms with van der Waals surface area (Å²) in [5.74, 6) is -0.401. The lowest BCUT2D eigenvalue weighted by Crippen LogP contribution is -2.24. The van der Waals surface area contributed by atoms with E-state index in [1.165, 1.54) is 17.0 Å². The first-order chi connectivity index (χ1) is 7.09. The largest absolute Gasteiger partial charge is 0.397 e. The lowest BCUT2D eigenvalue weighted by molar-refractivity contribution is -0.117. The average Bonchev–Trinajstić information content (AvgIpc) is 2.58. The van der Waals surface area contributed by atoms with Crippen LogP contribution in [0.25, 0.3) is 0 Å². The fraction of sp³-hybridized carbons (Fsp3) is 0.300. The molecule has 0 saturated carbocycles. The highest BCUT2D eigenvalue weighted by Crippen LogP contribution is 2.31. The molecule has 15 heavy (non-hydrogen) atoms. The van der Waals surface area contributed by atoms with Gasteiger partial charge in [-0.05, 0) is 28.4 Å². The van der Waals surface area contributed by atoms with Crippen molar-refractivity contribution in [1.29, 1.82) is 0 Å². The molecule has 0 aromatic heterocycles. The minimum absolute atomic E-state index is 0.00317. The van der Waals surface area contributed by atoms with Crippen LogP contribution in [0, 0.1) is 5.82 Å². The molecule has 1 aliphatic rings. The van der Waals surface area contributed by atoms with Crippen molar-refractivity contribution in [3.05, 3.63) is 22.4 Å². The van der Waals surface area contributed by atoms with E-state index >= 15 is 0 Å². The lowest BCUT2D eigenvalue weighted by Gasteiger charge is -2.18. The van der Waals surface area contributed by atoms with Gasteiger partial charge in [0, 0.05) is 19.0 Å². The van der Waals surface area contributed by atoms with E-state index < -0.39 is 5.82 Å². The molecule has 5 heteroatoms. The zero-order chi connectivity index (χ0) is 11.0. The number of nitrogens with zero attached hydrogens (tertiary/aromatic N) is 1. The second kappa shape index (κ2) is 3.81. The Morgan fingerprint density at radius 3 is 2.80 bits per heavy atom. The highest BCUT2D eigenvalue weighted by molar-refractivity contribution is 9.10. The molecule has 1 aromatic carbocycles. The van der Waals surface area contributed by atoms with Crippen molar-refractivity contribution in [2.75, 3.05) is 17.2 Å². The van der Waals surface area contributed by atoms with Crippen LogP contribution in [0.4, 0.5) is 15.8 Å². The van der Waals surface area contributed by atoms with Crippen molar-refractivity contribution < 1.29 is 9.18 Å². The Bertz CT molecular complexity index is 422. The number of carbonyl (C=O) groups is 1. The van der Waals surface area contributed by atoms with Gasteiger partial charge in [-0.1, -0.05) is 0 Å². The molecule has 1 aromatic rings. The van der Waals surface area contributed by atoms with Crippen LogP contribution in [0.3, 0.4) is 0 Å². The third-order valence-electron chi connectivity index (χ3n) is 2.43. The van der Waals surface area contributed by atoms with Gasteiger partial charge in [-0.15, -0.1) is 0 Å². The number of anilines is 2. The SMILES string of the molecule is Nc1cc(Br)c(F)cc1N1CCCC1=O. The maximum atomic E-state index is 13.3. The second-order valence-corrected chi connectivity index (χ2v) is 4.33. The van der Waals surface area contributed by atoms with Gasteiger partial charge in [-0.2, -0.15) is 0 Å². The topological polar surface area (TPSA) is 46.3 Å². The number of benzene rings is 1. The monoisotopic (exact) mass is 272 g/mol. The number of nitrogens with two attached hydrogens (primary N) is 1. The van der Waals surface area contributed by atoms with E-state index in [-0.39, 0.29) is 5.91 Å². The Hall–Kier alpha value is -1.10. The Balaban J connectivity index is 2.43. The summed E-state index contributed by atoms with van der Waals surface area (Å²) in [4.78, 5) is 13.0. The van der Waals surface area contributed by atoms with Gasteiger partial charge in [-0.25, -0.2) is 4.39 Å². The van der Waals surface area contributed by atoms with Gasteiger partial charge in [0.15, 0.2) is 0 Å². The van der Waals surface area contributed by atoms with Crippen LogP contribution in [-0.4, -0.2) is 12.5 Å². The van der Waals surface area contributed by atoms with Crippen LogP contribution in [-0.2, 0) is 4.79 Å². The standard InChI is InChI=1S/C10H10BrFN2O/c11-6-4-8(13)9(5-7(6)12)14-3-1-2-10(14)15/h4-5H,1-3,13H2. The molecule has 0 radical (unpaired) electrons. The predicted molar refractivity (Wildman–Crippen MR) is 60.1 cm³/mol. The zero-order valence-corrected chi connectivity index (χ0v) is 9.55. The Kier molecular flexibility index (Phi) is 2.65. The lowest BCUT2D eigenvalue weighted by atomic mass is 10.2. The van der Waals surface area contributed by atoms with Crippen molar-refractivity contribution in [1.82, 2.24) is 0 Å². The first-order valence-electron chi connectivity index (χ1n) is 4.64. The Labute approximate surface area is 95.2 Å². The summed E-state index contributed by atoms with van der Waals surface area (Å²) < 4.78 is 13.6. The second-order valence-electron chi connectivity index (χ2n) is 3.47. The zero-order valence-electron chi connectivity index (χ0n) is 7.96. The van der Waals surface area contributed by atoms with Crippen LogP contribution < -0.4 is 10.6 Å². The summed E-state index contributed by atoms with van der Waals surface area (Å²) >= 11 is 3.05. The van der Waals surface area contributed by atoms with Crippen LogP contribution >= 0.6 is 15.9 Å². The number of rotatable bonds is 1. The number of hydrogen-bond acceptors (Lipinski definition) is 2. The molecule has 0 aliphatic carbocycles. The maximum Gasteiger partial charge on any atom is 0.227 e. The highest BCUT2D eigenvalue weighted by Gasteiger charge is 2.24. The van der Waals surface area contributed by atoms with Crippen LogP contribution in [0.15, 0.2) is 16.6 Å². The van der Waals surface area contributed by atoms with Gasteiger partial charge in [0.05, 0.1) is 15.8 Å². The molecule has 1 aliphatic heterocycles. The minimum atomic E-state index is -0.404. The first kappa shape index (κ1) is 10.4. The summed E-state index contributed by atoms with van der Waals surface area (Å²) in [5, 5.41) is 0. The number of halogens is 2. The van der Waals surface area contributed by atoms with Crippen LogP contribution in [0.5, 0.6) is 0 Å². The van der Waals surface area contributed by atoms with Gasteiger partial charge >= 0.3 is 0 Å². The molecule has 1 heterocycles. The fourth-order valence-corrected chi connectivity index (χ4v) is 2.05. The molecule has 2 N–H and O–H groups in total. The minimum Gasteiger partial charge on any atom is -0.397 e. The summed E-state index contributed by atoms with van der Waals surface area (Å²) in [6.45, 7) is 0.615. The van der Waals surface area contributed by atoms with Crippen molar-refractivity contribution >= 4 is 33.2 Å². The normalized spacial score (nSPS) is 16.1. The number of amides is 1. The van der Waals surface area contributed by atoms with Crippen LogP contribution in [0.1, 0.15) is 12.8 Å². The number of hydrogen-bond donors (Lipinski definition) is 1. The molecule has 0 atom stereocenters. The van der Waals surface area contributed by atoms with E-state index in [0.717, 1.165) is 6.42 Å². The fourth-order valence-electron chi connectivity index (χ4n) is 1.69. The average molecular weight is 273 g/mol. The summed E-state index contributed by atoms with van der Waals surface area (Å²) in [5.41, 5.74) is 6.63. The molecule has 1 amide bonds. The van der Waals surface area contributed by atoms with Gasteiger partial charge < -0.3 is 10.6 Å². The highest BCUT2D eigenvalue weighted by atomic mass is 79.9. The molecule has 1 fully saturated rings. The first-order valence-corrected chi connectivity index (χ1v) is 5.44. The van der Waals surface area contributed by atoms with E-state index in [1.54, 1.807) is 0 Å². The van der Waals surface area contributed by atoms with E-state index in [2.05, 4.69) is 15.9 Å². The third-order valence-corrected chi connectivity index (χ3v) is 3.04. The molecular formula is C10H10BrFN2O. The van der Waals surface area contributed by atoms with Crippen molar-refractivity contribution in [3.63, 3.8) is 0 Å². The Morgan fingerprint density at radius 2 is 2.20 bits per heavy atom. The van der Waals surface area contributed by atoms with Gasteiger partial charge in [0.25, 0.3) is 0 Å². The van der Waals surface area contributed by atoms with Crippen molar-refractivity contribution in [3.8, 4) is 0 Å². The van der Waals surface area contributed by atoms with Gasteiger partial charge in [0.1, 0.15) is 5.82 Å². The summed E-state index contributed by atoms with van der Waals surface area (Å²) in [7, 11) is 0. The summed E-state index contributed by atoms with van der Waals surface area (Å²) in [6.07, 6.45) is 1.31. The molecule has 1 saturated heterocycles. The maximum absolute atomic E-state index is 13.3. The molecule has 0 spiro atoms. The van der Waals surface area contributed by atoms with E-state index in [9.17, 15) is 9.18 Å². The predicted octanol–water partition coefficient (Wildman–Crippen LogP) is 2.30. The molecule has 0 unspecified atom stereocenters. The van der Waals surface area contributed by atoms with E-state index in [1.807, 2.05) is 0 Å². The smallest absolute Gasteiger partial charge is 0.227 e. The van der Waals surface area contributed by atoms with Gasteiger partial charge in [0.2, 0.25) is 5.91 Å². The van der Waals surface area contributed by atoms with Crippen molar-refractivity contribution in [2.45, 2.75) is 12.8 Å². The van der Waals surface area contributed by atoms with E-state index in [0.29, 0.717) is 28.8 Å². The molecular weight excluding hydrogens is 263 g/mol. The molecule has 3 nitrogen and oxygen atoms in total. The molecule has 80 valence electrons.